The van der Waals surface area contributed by atoms with Crippen LogP contribution in [0.5, 0.6) is 5.75 Å². The summed E-state index contributed by atoms with van der Waals surface area (Å²) in [5, 5.41) is 12.4. The van der Waals surface area contributed by atoms with Gasteiger partial charge in [0.2, 0.25) is 0 Å². The molecule has 72 valence electrons. The van der Waals surface area contributed by atoms with E-state index in [4.69, 9.17) is 0 Å². The molecule has 0 bridgehead atoms. The standard InChI is InChI=1S/C9H11BrFNO/c1-12-3-2-6-4-7(11)5-8(10)9(6)13/h4-5,12-13H,2-3H2,1H3. The highest BCUT2D eigenvalue weighted by Gasteiger charge is 2.07. The molecule has 0 radical (unpaired) electrons. The minimum atomic E-state index is -0.337. The fourth-order valence-corrected chi connectivity index (χ4v) is 1.54. The maximum atomic E-state index is 12.9. The van der Waals surface area contributed by atoms with Crippen LogP contribution in [-0.4, -0.2) is 18.7 Å². The van der Waals surface area contributed by atoms with E-state index in [1.54, 1.807) is 0 Å². The van der Waals surface area contributed by atoms with Gasteiger partial charge < -0.3 is 10.4 Å². The molecule has 4 heteroatoms. The van der Waals surface area contributed by atoms with Crippen LogP contribution in [0.2, 0.25) is 0 Å². The number of benzene rings is 1. The first-order valence-electron chi connectivity index (χ1n) is 3.96. The fraction of sp³-hybridized carbons (Fsp3) is 0.333. The Bertz CT molecular complexity index is 304. The van der Waals surface area contributed by atoms with Gasteiger partial charge in [0.1, 0.15) is 11.6 Å². The fourth-order valence-electron chi connectivity index (χ4n) is 1.07. The smallest absolute Gasteiger partial charge is 0.133 e. The number of rotatable bonds is 3. The molecule has 0 fully saturated rings. The lowest BCUT2D eigenvalue weighted by Gasteiger charge is -2.05. The van der Waals surface area contributed by atoms with E-state index < -0.39 is 0 Å². The second-order valence-electron chi connectivity index (χ2n) is 2.75. The van der Waals surface area contributed by atoms with E-state index in [1.165, 1.54) is 12.1 Å². The number of halogens is 2. The van der Waals surface area contributed by atoms with E-state index in [2.05, 4.69) is 21.2 Å². The molecule has 1 aromatic carbocycles. The molecular formula is C9H11BrFNO. The third kappa shape index (κ3) is 2.67. The highest BCUT2D eigenvalue weighted by molar-refractivity contribution is 9.10. The molecule has 0 aliphatic rings. The molecule has 2 N–H and O–H groups in total. The summed E-state index contributed by atoms with van der Waals surface area (Å²) in [6, 6.07) is 2.59. The second kappa shape index (κ2) is 4.58. The van der Waals surface area contributed by atoms with Crippen molar-refractivity contribution in [3.05, 3.63) is 28.0 Å². The van der Waals surface area contributed by atoms with Gasteiger partial charge in [-0.2, -0.15) is 0 Å². The third-order valence-corrected chi connectivity index (χ3v) is 2.36. The van der Waals surface area contributed by atoms with Crippen molar-refractivity contribution in [1.82, 2.24) is 5.32 Å². The summed E-state index contributed by atoms with van der Waals surface area (Å²) in [6.45, 7) is 0.712. The minimum Gasteiger partial charge on any atom is -0.506 e. The number of nitrogens with one attached hydrogen (secondary N) is 1. The maximum Gasteiger partial charge on any atom is 0.133 e. The van der Waals surface area contributed by atoms with Crippen molar-refractivity contribution in [2.24, 2.45) is 0 Å². The molecule has 0 amide bonds. The summed E-state index contributed by atoms with van der Waals surface area (Å²) in [5.41, 5.74) is 0.612. The zero-order chi connectivity index (χ0) is 9.84. The van der Waals surface area contributed by atoms with Crippen molar-refractivity contribution in [2.45, 2.75) is 6.42 Å². The van der Waals surface area contributed by atoms with Crippen LogP contribution in [0, 0.1) is 5.82 Å². The van der Waals surface area contributed by atoms with Crippen LogP contribution in [0.25, 0.3) is 0 Å². The molecule has 0 aliphatic heterocycles. The first kappa shape index (κ1) is 10.5. The summed E-state index contributed by atoms with van der Waals surface area (Å²) in [4.78, 5) is 0. The molecule has 0 aromatic heterocycles. The molecule has 1 aromatic rings. The van der Waals surface area contributed by atoms with E-state index in [0.717, 1.165) is 0 Å². The Morgan fingerprint density at radius 1 is 1.54 bits per heavy atom. The van der Waals surface area contributed by atoms with Gasteiger partial charge in [-0.25, -0.2) is 4.39 Å². The Balaban J connectivity index is 2.92. The summed E-state index contributed by atoms with van der Waals surface area (Å²) in [7, 11) is 1.81. The van der Waals surface area contributed by atoms with Gasteiger partial charge in [-0.3, -0.25) is 0 Å². The highest BCUT2D eigenvalue weighted by Crippen LogP contribution is 2.29. The third-order valence-electron chi connectivity index (χ3n) is 1.75. The van der Waals surface area contributed by atoms with E-state index in [1.807, 2.05) is 7.05 Å². The predicted octanol–water partition coefficient (Wildman–Crippen LogP) is 2.06. The van der Waals surface area contributed by atoms with Gasteiger partial charge in [-0.15, -0.1) is 0 Å². The number of hydrogen-bond donors (Lipinski definition) is 2. The molecule has 2 nitrogen and oxygen atoms in total. The van der Waals surface area contributed by atoms with Gasteiger partial charge in [0.25, 0.3) is 0 Å². The number of hydrogen-bond acceptors (Lipinski definition) is 2. The topological polar surface area (TPSA) is 32.3 Å². The average molecular weight is 248 g/mol. The normalized spacial score (nSPS) is 10.4. The van der Waals surface area contributed by atoms with Crippen molar-refractivity contribution < 1.29 is 9.50 Å². The van der Waals surface area contributed by atoms with Crippen LogP contribution in [0.1, 0.15) is 5.56 Å². The summed E-state index contributed by atoms with van der Waals surface area (Å²) < 4.78 is 13.3. The highest BCUT2D eigenvalue weighted by atomic mass is 79.9. The maximum absolute atomic E-state index is 12.9. The van der Waals surface area contributed by atoms with E-state index in [0.29, 0.717) is 23.0 Å². The van der Waals surface area contributed by atoms with Crippen LogP contribution in [0.3, 0.4) is 0 Å². The first-order valence-corrected chi connectivity index (χ1v) is 4.76. The number of likely N-dealkylation sites (N-methyl/N-ethyl adjacent to an activating group) is 1. The van der Waals surface area contributed by atoms with Gasteiger partial charge in [-0.05, 0) is 53.6 Å². The molecular weight excluding hydrogens is 237 g/mol. The second-order valence-corrected chi connectivity index (χ2v) is 3.60. The number of phenolic OH excluding ortho intramolecular Hbond substituents is 1. The van der Waals surface area contributed by atoms with Crippen molar-refractivity contribution in [3.63, 3.8) is 0 Å². The van der Waals surface area contributed by atoms with Gasteiger partial charge >= 0.3 is 0 Å². The van der Waals surface area contributed by atoms with Crippen molar-refractivity contribution >= 4 is 15.9 Å². The monoisotopic (exact) mass is 247 g/mol. The Morgan fingerprint density at radius 2 is 2.23 bits per heavy atom. The van der Waals surface area contributed by atoms with E-state index >= 15 is 0 Å². The Morgan fingerprint density at radius 3 is 2.85 bits per heavy atom. The molecule has 0 unspecified atom stereocenters. The van der Waals surface area contributed by atoms with Crippen molar-refractivity contribution in [3.8, 4) is 5.75 Å². The molecule has 0 saturated carbocycles. The van der Waals surface area contributed by atoms with Crippen molar-refractivity contribution in [2.75, 3.05) is 13.6 Å². The summed E-state index contributed by atoms with van der Waals surface area (Å²) in [5.74, 6) is -0.215. The summed E-state index contributed by atoms with van der Waals surface area (Å²) >= 11 is 3.08. The number of phenols is 1. The van der Waals surface area contributed by atoms with Crippen LogP contribution >= 0.6 is 15.9 Å². The predicted molar refractivity (Wildman–Crippen MR) is 53.4 cm³/mol. The molecule has 0 atom stereocenters. The van der Waals surface area contributed by atoms with Crippen LogP contribution in [0.4, 0.5) is 4.39 Å². The molecule has 13 heavy (non-hydrogen) atoms. The minimum absolute atomic E-state index is 0.122. The van der Waals surface area contributed by atoms with Gasteiger partial charge in [-0.1, -0.05) is 0 Å². The molecule has 0 aliphatic carbocycles. The van der Waals surface area contributed by atoms with Crippen LogP contribution in [0.15, 0.2) is 16.6 Å². The van der Waals surface area contributed by atoms with Crippen LogP contribution in [-0.2, 0) is 6.42 Å². The molecule has 0 saturated heterocycles. The van der Waals surface area contributed by atoms with Gasteiger partial charge in [0.05, 0.1) is 4.47 Å². The first-order chi connectivity index (χ1) is 6.15. The Hall–Kier alpha value is -0.610. The largest absolute Gasteiger partial charge is 0.506 e. The molecule has 0 heterocycles. The van der Waals surface area contributed by atoms with E-state index in [9.17, 15) is 9.50 Å². The zero-order valence-electron chi connectivity index (χ0n) is 7.27. The average Bonchev–Trinajstić information content (AvgIpc) is 2.09. The summed E-state index contributed by atoms with van der Waals surface area (Å²) in [6.07, 6.45) is 0.610. The van der Waals surface area contributed by atoms with Crippen molar-refractivity contribution in [1.29, 1.82) is 0 Å². The SMILES string of the molecule is CNCCc1cc(F)cc(Br)c1O. The van der Waals surface area contributed by atoms with Gasteiger partial charge in [0, 0.05) is 0 Å². The Labute approximate surface area is 84.9 Å². The van der Waals surface area contributed by atoms with Crippen LogP contribution < -0.4 is 5.32 Å². The lowest BCUT2D eigenvalue weighted by atomic mass is 10.1. The Kier molecular flexibility index (Phi) is 3.69. The lowest BCUT2D eigenvalue weighted by molar-refractivity contribution is 0.461. The van der Waals surface area contributed by atoms with Gasteiger partial charge in [0.15, 0.2) is 0 Å². The van der Waals surface area contributed by atoms with E-state index in [-0.39, 0.29) is 11.6 Å². The quantitative estimate of drug-likeness (QED) is 0.858. The zero-order valence-corrected chi connectivity index (χ0v) is 8.86. The molecule has 0 spiro atoms. The lowest BCUT2D eigenvalue weighted by Crippen LogP contribution is -2.10. The number of aromatic hydroxyl groups is 1. The molecule has 1 rings (SSSR count).